The van der Waals surface area contributed by atoms with Gasteiger partial charge in [-0.15, -0.1) is 0 Å². The van der Waals surface area contributed by atoms with E-state index >= 15 is 0 Å². The van der Waals surface area contributed by atoms with E-state index in [9.17, 15) is 0 Å². The highest BCUT2D eigenvalue weighted by Gasteiger charge is 2.30. The minimum atomic E-state index is 0.435. The third-order valence-corrected chi connectivity index (χ3v) is 4.66. The molecule has 0 amide bonds. The fraction of sp³-hybridized carbons (Fsp3) is 1.00. The summed E-state index contributed by atoms with van der Waals surface area (Å²) in [7, 11) is 0. The minimum absolute atomic E-state index is 0.435. The lowest BCUT2D eigenvalue weighted by Crippen LogP contribution is -2.49. The number of ether oxygens (including phenoxy) is 1. The van der Waals surface area contributed by atoms with Crippen molar-refractivity contribution in [3.05, 3.63) is 0 Å². The Hall–Kier alpha value is -0.120. The zero-order chi connectivity index (χ0) is 14.1. The molecule has 1 atom stereocenters. The largest absolute Gasteiger partial charge is 0.376 e. The monoisotopic (exact) mass is 270 g/mol. The van der Waals surface area contributed by atoms with Crippen molar-refractivity contribution in [1.29, 1.82) is 0 Å². The normalized spacial score (nSPS) is 21.8. The quantitative estimate of drug-likeness (QED) is 0.652. The van der Waals surface area contributed by atoms with Gasteiger partial charge in [0.1, 0.15) is 0 Å². The molecule has 3 heteroatoms. The van der Waals surface area contributed by atoms with Crippen LogP contribution in [0.2, 0.25) is 0 Å². The average Bonchev–Trinajstić information content (AvgIpc) is 2.46. The summed E-state index contributed by atoms with van der Waals surface area (Å²) < 4.78 is 5.78. The zero-order valence-corrected chi connectivity index (χ0v) is 13.5. The van der Waals surface area contributed by atoms with Gasteiger partial charge in [-0.3, -0.25) is 4.90 Å². The van der Waals surface area contributed by atoms with Crippen LogP contribution < -0.4 is 5.32 Å². The Labute approximate surface area is 120 Å². The highest BCUT2D eigenvalue weighted by atomic mass is 16.5. The molecule has 0 aromatic heterocycles. The molecule has 0 aromatic rings. The Kier molecular flexibility index (Phi) is 7.96. The summed E-state index contributed by atoms with van der Waals surface area (Å²) in [5, 5.41) is 3.63. The molecule has 114 valence electrons. The van der Waals surface area contributed by atoms with Crippen molar-refractivity contribution in [3.63, 3.8) is 0 Å². The first kappa shape index (κ1) is 16.9. The number of morpholine rings is 1. The van der Waals surface area contributed by atoms with E-state index in [1.54, 1.807) is 0 Å². The highest BCUT2D eigenvalue weighted by molar-refractivity contribution is 4.85. The van der Waals surface area contributed by atoms with E-state index < -0.39 is 0 Å². The van der Waals surface area contributed by atoms with Crippen LogP contribution in [0, 0.1) is 5.41 Å². The molecule has 0 aliphatic carbocycles. The highest BCUT2D eigenvalue weighted by Crippen LogP contribution is 2.28. The summed E-state index contributed by atoms with van der Waals surface area (Å²) in [5.41, 5.74) is 0.435. The Morgan fingerprint density at radius 2 is 1.95 bits per heavy atom. The Balaban J connectivity index is 2.51. The summed E-state index contributed by atoms with van der Waals surface area (Å²) in [5.74, 6) is 0. The maximum atomic E-state index is 5.78. The molecule has 1 rings (SSSR count). The van der Waals surface area contributed by atoms with Crippen LogP contribution in [-0.2, 0) is 4.74 Å². The van der Waals surface area contributed by atoms with Crippen molar-refractivity contribution in [1.82, 2.24) is 10.2 Å². The number of nitrogens with one attached hydrogen (secondary N) is 1. The van der Waals surface area contributed by atoms with Crippen LogP contribution in [0.5, 0.6) is 0 Å². The fourth-order valence-electron chi connectivity index (χ4n) is 2.96. The molecule has 19 heavy (non-hydrogen) atoms. The van der Waals surface area contributed by atoms with E-state index in [4.69, 9.17) is 4.74 Å². The van der Waals surface area contributed by atoms with Gasteiger partial charge < -0.3 is 10.1 Å². The van der Waals surface area contributed by atoms with Crippen LogP contribution in [0.1, 0.15) is 53.4 Å². The number of rotatable bonds is 9. The number of hydrogen-bond acceptors (Lipinski definition) is 3. The first-order valence-electron chi connectivity index (χ1n) is 8.24. The molecule has 0 saturated carbocycles. The minimum Gasteiger partial charge on any atom is -0.376 e. The van der Waals surface area contributed by atoms with Gasteiger partial charge in [0.05, 0.1) is 12.7 Å². The molecule has 0 bridgehead atoms. The summed E-state index contributed by atoms with van der Waals surface area (Å²) in [6.45, 7) is 15.8. The lowest BCUT2D eigenvalue weighted by atomic mass is 9.81. The molecule has 1 unspecified atom stereocenters. The van der Waals surface area contributed by atoms with Crippen LogP contribution in [-0.4, -0.2) is 50.3 Å². The Morgan fingerprint density at radius 3 is 2.53 bits per heavy atom. The Bertz CT molecular complexity index is 229. The molecule has 0 aromatic carbocycles. The molecule has 1 heterocycles. The second kappa shape index (κ2) is 8.93. The summed E-state index contributed by atoms with van der Waals surface area (Å²) >= 11 is 0. The molecule has 0 radical (unpaired) electrons. The van der Waals surface area contributed by atoms with E-state index in [-0.39, 0.29) is 0 Å². The van der Waals surface area contributed by atoms with Crippen LogP contribution in [0.15, 0.2) is 0 Å². The first-order chi connectivity index (χ1) is 9.19. The van der Waals surface area contributed by atoms with Gasteiger partial charge in [-0.05, 0) is 37.6 Å². The van der Waals surface area contributed by atoms with Crippen molar-refractivity contribution in [2.45, 2.75) is 59.5 Å². The van der Waals surface area contributed by atoms with Gasteiger partial charge in [0.2, 0.25) is 0 Å². The molecule has 0 spiro atoms. The molecule has 1 aliphatic heterocycles. The molecule has 1 aliphatic rings. The number of nitrogens with zero attached hydrogens (tertiary/aromatic N) is 1. The van der Waals surface area contributed by atoms with Gasteiger partial charge >= 0.3 is 0 Å². The van der Waals surface area contributed by atoms with Gasteiger partial charge in [0, 0.05) is 26.2 Å². The van der Waals surface area contributed by atoms with Crippen molar-refractivity contribution < 1.29 is 4.74 Å². The van der Waals surface area contributed by atoms with Crippen LogP contribution in [0.25, 0.3) is 0 Å². The smallest absolute Gasteiger partial charge is 0.0700 e. The summed E-state index contributed by atoms with van der Waals surface area (Å²) in [6, 6.07) is 0. The SMILES string of the molecule is CCCNCC(CC)(CC)CN1CCOC(CC)C1. The summed E-state index contributed by atoms with van der Waals surface area (Å²) in [6.07, 6.45) is 5.32. The lowest BCUT2D eigenvalue weighted by molar-refractivity contribution is -0.0434. The van der Waals surface area contributed by atoms with Crippen molar-refractivity contribution in [2.75, 3.05) is 39.3 Å². The van der Waals surface area contributed by atoms with Crippen LogP contribution in [0.4, 0.5) is 0 Å². The average molecular weight is 270 g/mol. The number of hydrogen-bond donors (Lipinski definition) is 1. The van der Waals surface area contributed by atoms with Gasteiger partial charge in [-0.25, -0.2) is 0 Å². The second-order valence-corrected chi connectivity index (χ2v) is 6.02. The second-order valence-electron chi connectivity index (χ2n) is 6.02. The topological polar surface area (TPSA) is 24.5 Å². The first-order valence-corrected chi connectivity index (χ1v) is 8.24. The molecular weight excluding hydrogens is 236 g/mol. The molecule has 1 saturated heterocycles. The van der Waals surface area contributed by atoms with Gasteiger partial charge in [-0.2, -0.15) is 0 Å². The van der Waals surface area contributed by atoms with Crippen LogP contribution >= 0.6 is 0 Å². The van der Waals surface area contributed by atoms with Gasteiger partial charge in [0.15, 0.2) is 0 Å². The predicted octanol–water partition coefficient (Wildman–Crippen LogP) is 2.90. The third kappa shape index (κ3) is 5.41. The van der Waals surface area contributed by atoms with Gasteiger partial charge in [-0.1, -0.05) is 27.7 Å². The fourth-order valence-corrected chi connectivity index (χ4v) is 2.96. The van der Waals surface area contributed by atoms with Gasteiger partial charge in [0.25, 0.3) is 0 Å². The van der Waals surface area contributed by atoms with E-state index in [1.807, 2.05) is 0 Å². The zero-order valence-electron chi connectivity index (χ0n) is 13.5. The maximum Gasteiger partial charge on any atom is 0.0700 e. The molecule has 1 fully saturated rings. The van der Waals surface area contributed by atoms with E-state index in [1.165, 1.54) is 25.8 Å². The van der Waals surface area contributed by atoms with E-state index in [0.29, 0.717) is 11.5 Å². The van der Waals surface area contributed by atoms with Crippen molar-refractivity contribution in [2.24, 2.45) is 5.41 Å². The third-order valence-electron chi connectivity index (χ3n) is 4.66. The standard InChI is InChI=1S/C16H34N2O/c1-5-9-17-13-16(7-3,8-4)14-18-10-11-19-15(6-2)12-18/h15,17H,5-14H2,1-4H3. The Morgan fingerprint density at radius 1 is 1.21 bits per heavy atom. The van der Waals surface area contributed by atoms with E-state index in [0.717, 1.165) is 39.2 Å². The van der Waals surface area contributed by atoms with Crippen molar-refractivity contribution in [3.8, 4) is 0 Å². The van der Waals surface area contributed by atoms with Crippen LogP contribution in [0.3, 0.4) is 0 Å². The summed E-state index contributed by atoms with van der Waals surface area (Å²) in [4.78, 5) is 2.62. The maximum absolute atomic E-state index is 5.78. The lowest BCUT2D eigenvalue weighted by Gasteiger charge is -2.41. The predicted molar refractivity (Wildman–Crippen MR) is 82.6 cm³/mol. The molecule has 1 N–H and O–H groups in total. The van der Waals surface area contributed by atoms with Crippen molar-refractivity contribution >= 4 is 0 Å². The van der Waals surface area contributed by atoms with E-state index in [2.05, 4.69) is 37.9 Å². The molecule has 3 nitrogen and oxygen atoms in total. The molecular formula is C16H34N2O.